The Balaban J connectivity index is 1.64. The van der Waals surface area contributed by atoms with Crippen molar-refractivity contribution >= 4 is 58.4 Å². The SMILES string of the molecule is OCC1CSC(c2ccc(C3SCC(CO)S3)s2)S1. The van der Waals surface area contributed by atoms with Gasteiger partial charge in [-0.15, -0.1) is 58.4 Å². The maximum atomic E-state index is 9.20. The molecule has 19 heavy (non-hydrogen) atoms. The summed E-state index contributed by atoms with van der Waals surface area (Å²) in [6.07, 6.45) is 0. The third kappa shape index (κ3) is 3.44. The van der Waals surface area contributed by atoms with Crippen LogP contribution in [0.3, 0.4) is 0 Å². The van der Waals surface area contributed by atoms with Gasteiger partial charge in [-0.25, -0.2) is 0 Å². The highest BCUT2D eigenvalue weighted by molar-refractivity contribution is 8.20. The van der Waals surface area contributed by atoms with Crippen LogP contribution >= 0.6 is 58.4 Å². The zero-order valence-corrected chi connectivity index (χ0v) is 14.3. The minimum absolute atomic E-state index is 0.291. The van der Waals surface area contributed by atoms with Crippen molar-refractivity contribution < 1.29 is 10.2 Å². The third-order valence-corrected chi connectivity index (χ3v) is 11.4. The fourth-order valence-electron chi connectivity index (χ4n) is 2.01. The molecule has 0 aromatic carbocycles. The molecule has 106 valence electrons. The van der Waals surface area contributed by atoms with E-state index in [-0.39, 0.29) is 0 Å². The second-order valence-electron chi connectivity index (χ2n) is 4.45. The van der Waals surface area contributed by atoms with Crippen molar-refractivity contribution in [3.05, 3.63) is 21.9 Å². The van der Waals surface area contributed by atoms with Crippen molar-refractivity contribution in [2.45, 2.75) is 19.7 Å². The molecular formula is C12H16O2S5. The molecule has 0 aliphatic carbocycles. The van der Waals surface area contributed by atoms with Gasteiger partial charge in [0.05, 0.1) is 22.4 Å². The van der Waals surface area contributed by atoms with Crippen LogP contribution in [-0.2, 0) is 0 Å². The molecule has 0 amide bonds. The molecule has 2 aliphatic heterocycles. The third-order valence-electron chi connectivity index (χ3n) is 3.02. The number of rotatable bonds is 4. The minimum atomic E-state index is 0.291. The van der Waals surface area contributed by atoms with Gasteiger partial charge >= 0.3 is 0 Å². The van der Waals surface area contributed by atoms with Gasteiger partial charge in [0.2, 0.25) is 0 Å². The predicted molar refractivity (Wildman–Crippen MR) is 91.6 cm³/mol. The van der Waals surface area contributed by atoms with Crippen molar-refractivity contribution in [2.24, 2.45) is 0 Å². The Hall–Kier alpha value is 1.02. The number of hydrogen-bond donors (Lipinski definition) is 2. The first kappa shape index (κ1) is 14.9. The monoisotopic (exact) mass is 352 g/mol. The minimum Gasteiger partial charge on any atom is -0.395 e. The van der Waals surface area contributed by atoms with Gasteiger partial charge in [-0.2, -0.15) is 0 Å². The largest absolute Gasteiger partial charge is 0.395 e. The van der Waals surface area contributed by atoms with Crippen molar-refractivity contribution in [1.82, 2.24) is 0 Å². The van der Waals surface area contributed by atoms with Gasteiger partial charge in [0.1, 0.15) is 0 Å². The standard InChI is InChI=1S/C12H16O2S5/c13-3-7-5-15-11(17-7)9-1-2-10(19-9)12-16-6-8(4-14)18-12/h1-2,7-8,11-14H,3-6H2. The number of hydrogen-bond acceptors (Lipinski definition) is 7. The molecule has 2 saturated heterocycles. The first-order valence-corrected chi connectivity index (χ1v) is 11.0. The van der Waals surface area contributed by atoms with Crippen LogP contribution in [0.2, 0.25) is 0 Å². The molecule has 4 unspecified atom stereocenters. The molecule has 1 aromatic rings. The van der Waals surface area contributed by atoms with Crippen LogP contribution in [0.25, 0.3) is 0 Å². The van der Waals surface area contributed by atoms with Crippen LogP contribution in [0.15, 0.2) is 12.1 Å². The Morgan fingerprint density at radius 3 is 1.74 bits per heavy atom. The zero-order chi connectivity index (χ0) is 13.2. The molecule has 3 heterocycles. The molecule has 0 saturated carbocycles. The zero-order valence-electron chi connectivity index (χ0n) is 10.2. The van der Waals surface area contributed by atoms with Crippen molar-refractivity contribution in [1.29, 1.82) is 0 Å². The van der Waals surface area contributed by atoms with E-state index in [0.717, 1.165) is 11.5 Å². The average Bonchev–Trinajstić information content (AvgIpc) is 3.16. The second kappa shape index (κ2) is 6.85. The van der Waals surface area contributed by atoms with Crippen LogP contribution < -0.4 is 0 Å². The van der Waals surface area contributed by atoms with Gasteiger partial charge in [-0.05, 0) is 12.1 Å². The van der Waals surface area contributed by atoms with Crippen LogP contribution in [-0.4, -0.2) is 45.4 Å². The van der Waals surface area contributed by atoms with Crippen molar-refractivity contribution in [3.63, 3.8) is 0 Å². The van der Waals surface area contributed by atoms with E-state index in [9.17, 15) is 10.2 Å². The van der Waals surface area contributed by atoms with Crippen LogP contribution in [0.5, 0.6) is 0 Å². The number of aliphatic hydroxyl groups is 2. The second-order valence-corrected chi connectivity index (χ2v) is 11.3. The highest BCUT2D eigenvalue weighted by Crippen LogP contribution is 2.55. The Morgan fingerprint density at radius 1 is 0.895 bits per heavy atom. The molecule has 2 N–H and O–H groups in total. The maximum absolute atomic E-state index is 9.20. The lowest BCUT2D eigenvalue weighted by Gasteiger charge is -2.07. The predicted octanol–water partition coefficient (Wildman–Crippen LogP) is 3.43. The Kier molecular flexibility index (Phi) is 5.39. The fourth-order valence-corrected chi connectivity index (χ4v) is 9.98. The van der Waals surface area contributed by atoms with E-state index < -0.39 is 0 Å². The van der Waals surface area contributed by atoms with E-state index in [4.69, 9.17) is 0 Å². The highest BCUT2D eigenvalue weighted by Gasteiger charge is 2.31. The Bertz CT molecular complexity index is 388. The summed E-state index contributed by atoms with van der Waals surface area (Å²) in [6.45, 7) is 0.581. The van der Waals surface area contributed by atoms with Crippen molar-refractivity contribution in [3.8, 4) is 0 Å². The van der Waals surface area contributed by atoms with Gasteiger partial charge < -0.3 is 10.2 Å². The van der Waals surface area contributed by atoms with Crippen molar-refractivity contribution in [2.75, 3.05) is 24.7 Å². The van der Waals surface area contributed by atoms with E-state index >= 15 is 0 Å². The Labute approximate surface area is 134 Å². The summed E-state index contributed by atoms with van der Waals surface area (Å²) in [5, 5.41) is 19.2. The lowest BCUT2D eigenvalue weighted by atomic mass is 10.4. The summed E-state index contributed by atoms with van der Waals surface area (Å²) >= 11 is 9.59. The van der Waals surface area contributed by atoms with E-state index in [1.165, 1.54) is 9.75 Å². The fraction of sp³-hybridized carbons (Fsp3) is 0.667. The molecule has 4 atom stereocenters. The summed E-state index contributed by atoms with van der Waals surface area (Å²) in [4.78, 5) is 2.85. The van der Waals surface area contributed by atoms with Crippen LogP contribution in [0.1, 0.15) is 18.9 Å². The van der Waals surface area contributed by atoms with Gasteiger partial charge in [-0.1, -0.05) is 0 Å². The molecule has 2 nitrogen and oxygen atoms in total. The topological polar surface area (TPSA) is 40.5 Å². The van der Waals surface area contributed by atoms with Gasteiger partial charge in [0, 0.05) is 31.8 Å². The number of thiophene rings is 1. The molecule has 2 fully saturated rings. The molecule has 0 spiro atoms. The first-order chi connectivity index (χ1) is 9.30. The number of thioether (sulfide) groups is 4. The van der Waals surface area contributed by atoms with E-state index in [0.29, 0.717) is 32.9 Å². The normalized spacial score (nSPS) is 35.1. The van der Waals surface area contributed by atoms with E-state index in [1.807, 2.05) is 58.4 Å². The first-order valence-electron chi connectivity index (χ1n) is 6.15. The average molecular weight is 353 g/mol. The summed E-state index contributed by atoms with van der Waals surface area (Å²) in [7, 11) is 0. The van der Waals surface area contributed by atoms with E-state index in [2.05, 4.69) is 12.1 Å². The molecule has 1 aromatic heterocycles. The molecule has 2 aliphatic rings. The molecule has 0 radical (unpaired) electrons. The highest BCUT2D eigenvalue weighted by atomic mass is 32.2. The summed E-state index contributed by atoms with van der Waals surface area (Å²) in [5.74, 6) is 2.11. The smallest absolute Gasteiger partial charge is 0.0847 e. The number of aliphatic hydroxyl groups excluding tert-OH is 2. The Morgan fingerprint density at radius 2 is 1.37 bits per heavy atom. The molecule has 3 rings (SSSR count). The van der Waals surface area contributed by atoms with Gasteiger partial charge in [0.25, 0.3) is 0 Å². The van der Waals surface area contributed by atoms with E-state index in [1.54, 1.807) is 0 Å². The summed E-state index contributed by atoms with van der Waals surface area (Å²) in [6, 6.07) is 4.50. The van der Waals surface area contributed by atoms with Gasteiger partial charge in [0.15, 0.2) is 0 Å². The van der Waals surface area contributed by atoms with Crippen LogP contribution in [0, 0.1) is 0 Å². The molecule has 7 heteroatoms. The summed E-state index contributed by atoms with van der Waals surface area (Å²) in [5.41, 5.74) is 0. The summed E-state index contributed by atoms with van der Waals surface area (Å²) < 4.78 is 1.00. The molecular weight excluding hydrogens is 336 g/mol. The van der Waals surface area contributed by atoms with Crippen LogP contribution in [0.4, 0.5) is 0 Å². The van der Waals surface area contributed by atoms with Gasteiger partial charge in [-0.3, -0.25) is 0 Å². The molecule has 0 bridgehead atoms. The lowest BCUT2D eigenvalue weighted by molar-refractivity contribution is 0.301. The quantitative estimate of drug-likeness (QED) is 0.865. The lowest BCUT2D eigenvalue weighted by Crippen LogP contribution is -2.05. The maximum Gasteiger partial charge on any atom is 0.0847 e.